The van der Waals surface area contributed by atoms with Gasteiger partial charge in [0.1, 0.15) is 0 Å². The first-order valence-corrected chi connectivity index (χ1v) is 8.43. The highest BCUT2D eigenvalue weighted by atomic mass is 32.2. The molecule has 1 atom stereocenters. The molecule has 1 fully saturated rings. The molecular weight excluding hydrogens is 262 g/mol. The first kappa shape index (κ1) is 14.3. The van der Waals surface area contributed by atoms with Crippen molar-refractivity contribution in [3.8, 4) is 0 Å². The Hall–Kier alpha value is -1.07. The third-order valence-electron chi connectivity index (χ3n) is 3.69. The second-order valence-corrected chi connectivity index (χ2v) is 7.30. The van der Waals surface area contributed by atoms with Crippen molar-refractivity contribution in [2.75, 3.05) is 30.9 Å². The van der Waals surface area contributed by atoms with E-state index in [-0.39, 0.29) is 5.60 Å². The Kier molecular flexibility index (Phi) is 3.87. The lowest BCUT2D eigenvalue weighted by atomic mass is 10.0. The van der Waals surface area contributed by atoms with Gasteiger partial charge in [-0.2, -0.15) is 0 Å². The Labute approximate surface area is 115 Å². The number of hydrogen-bond acceptors (Lipinski definition) is 4. The van der Waals surface area contributed by atoms with Gasteiger partial charge in [-0.05, 0) is 25.5 Å². The van der Waals surface area contributed by atoms with Crippen LogP contribution in [-0.2, 0) is 14.6 Å². The first-order chi connectivity index (χ1) is 8.86. The van der Waals surface area contributed by atoms with Gasteiger partial charge in [-0.15, -0.1) is 0 Å². The Morgan fingerprint density at radius 3 is 2.68 bits per heavy atom. The van der Waals surface area contributed by atoms with Gasteiger partial charge in [0.2, 0.25) is 0 Å². The molecule has 5 heteroatoms. The van der Waals surface area contributed by atoms with E-state index in [2.05, 4.69) is 18.7 Å². The lowest BCUT2D eigenvalue weighted by molar-refractivity contribution is -0.0442. The van der Waals surface area contributed by atoms with E-state index in [0.29, 0.717) is 11.5 Å². The van der Waals surface area contributed by atoms with Gasteiger partial charge in [0.05, 0.1) is 22.8 Å². The molecule has 0 amide bonds. The molecule has 0 bridgehead atoms. The van der Waals surface area contributed by atoms with Crippen LogP contribution in [0.2, 0.25) is 0 Å². The van der Waals surface area contributed by atoms with Gasteiger partial charge in [0.25, 0.3) is 0 Å². The molecule has 0 N–H and O–H groups in total. The molecule has 2 rings (SSSR count). The number of morpholine rings is 1. The van der Waals surface area contributed by atoms with Gasteiger partial charge in [-0.25, -0.2) is 8.42 Å². The molecule has 1 aromatic carbocycles. The lowest BCUT2D eigenvalue weighted by Gasteiger charge is -2.41. The van der Waals surface area contributed by atoms with Crippen LogP contribution in [-0.4, -0.2) is 40.0 Å². The number of sulfone groups is 1. The SMILES string of the molecule is CCC1(C)CN(c2ccccc2S(C)(=O)=O)CCO1. The molecule has 0 spiro atoms. The third-order valence-corrected chi connectivity index (χ3v) is 4.83. The lowest BCUT2D eigenvalue weighted by Crippen LogP contribution is -2.50. The quantitative estimate of drug-likeness (QED) is 0.852. The Morgan fingerprint density at radius 2 is 2.05 bits per heavy atom. The molecule has 106 valence electrons. The first-order valence-electron chi connectivity index (χ1n) is 6.54. The van der Waals surface area contributed by atoms with E-state index in [9.17, 15) is 8.42 Å². The molecule has 0 aromatic heterocycles. The average molecular weight is 283 g/mol. The highest BCUT2D eigenvalue weighted by Crippen LogP contribution is 2.30. The van der Waals surface area contributed by atoms with Crippen LogP contribution in [0.1, 0.15) is 20.3 Å². The van der Waals surface area contributed by atoms with Gasteiger partial charge in [0.15, 0.2) is 9.84 Å². The minimum absolute atomic E-state index is 0.205. The van der Waals surface area contributed by atoms with Crippen LogP contribution in [0.3, 0.4) is 0 Å². The van der Waals surface area contributed by atoms with Crippen molar-refractivity contribution in [3.63, 3.8) is 0 Å². The fourth-order valence-electron chi connectivity index (χ4n) is 2.38. The minimum Gasteiger partial charge on any atom is -0.372 e. The normalized spacial score (nSPS) is 24.5. The summed E-state index contributed by atoms with van der Waals surface area (Å²) in [5, 5.41) is 0. The van der Waals surface area contributed by atoms with Gasteiger partial charge >= 0.3 is 0 Å². The van der Waals surface area contributed by atoms with Crippen LogP contribution >= 0.6 is 0 Å². The Bertz CT molecular complexity index is 556. The Balaban J connectivity index is 2.37. The van der Waals surface area contributed by atoms with Crippen molar-refractivity contribution in [2.24, 2.45) is 0 Å². The highest BCUT2D eigenvalue weighted by molar-refractivity contribution is 7.90. The summed E-state index contributed by atoms with van der Waals surface area (Å²) in [6, 6.07) is 7.18. The third kappa shape index (κ3) is 3.09. The number of ether oxygens (including phenoxy) is 1. The molecule has 1 heterocycles. The van der Waals surface area contributed by atoms with Crippen LogP contribution in [0.25, 0.3) is 0 Å². The fraction of sp³-hybridized carbons (Fsp3) is 0.571. The van der Waals surface area contributed by atoms with Crippen molar-refractivity contribution >= 4 is 15.5 Å². The zero-order valence-electron chi connectivity index (χ0n) is 11.7. The Morgan fingerprint density at radius 1 is 1.37 bits per heavy atom. The summed E-state index contributed by atoms with van der Waals surface area (Å²) in [6.45, 7) is 6.23. The van der Waals surface area contributed by atoms with Crippen LogP contribution in [0.5, 0.6) is 0 Å². The smallest absolute Gasteiger partial charge is 0.177 e. The van der Waals surface area contributed by atoms with E-state index >= 15 is 0 Å². The minimum atomic E-state index is -3.21. The number of benzene rings is 1. The van der Waals surface area contributed by atoms with E-state index in [1.54, 1.807) is 12.1 Å². The maximum atomic E-state index is 11.9. The summed E-state index contributed by atoms with van der Waals surface area (Å²) < 4.78 is 29.5. The van der Waals surface area contributed by atoms with E-state index in [4.69, 9.17) is 4.74 Å². The van der Waals surface area contributed by atoms with E-state index < -0.39 is 9.84 Å². The predicted molar refractivity (Wildman–Crippen MR) is 76.4 cm³/mol. The molecule has 19 heavy (non-hydrogen) atoms. The molecule has 4 nitrogen and oxygen atoms in total. The molecule has 1 unspecified atom stereocenters. The second-order valence-electron chi connectivity index (χ2n) is 5.31. The van der Waals surface area contributed by atoms with Crippen molar-refractivity contribution in [1.29, 1.82) is 0 Å². The molecule has 1 aliphatic rings. The van der Waals surface area contributed by atoms with Gasteiger partial charge in [-0.1, -0.05) is 19.1 Å². The maximum Gasteiger partial charge on any atom is 0.177 e. The van der Waals surface area contributed by atoms with Crippen molar-refractivity contribution in [1.82, 2.24) is 0 Å². The summed E-state index contributed by atoms with van der Waals surface area (Å²) in [5.41, 5.74) is 0.580. The van der Waals surface area contributed by atoms with Gasteiger partial charge < -0.3 is 9.64 Å². The number of anilines is 1. The van der Waals surface area contributed by atoms with Crippen molar-refractivity contribution in [3.05, 3.63) is 24.3 Å². The number of hydrogen-bond donors (Lipinski definition) is 0. The number of rotatable bonds is 3. The van der Waals surface area contributed by atoms with Gasteiger partial charge in [-0.3, -0.25) is 0 Å². The summed E-state index contributed by atoms with van der Waals surface area (Å²) in [6.07, 6.45) is 2.16. The monoisotopic (exact) mass is 283 g/mol. The van der Waals surface area contributed by atoms with E-state index in [1.165, 1.54) is 6.26 Å². The molecular formula is C14H21NO3S. The topological polar surface area (TPSA) is 46.6 Å². The van der Waals surface area contributed by atoms with Crippen LogP contribution in [0.4, 0.5) is 5.69 Å². The molecule has 0 aliphatic carbocycles. The largest absolute Gasteiger partial charge is 0.372 e. The van der Waals surface area contributed by atoms with Crippen molar-refractivity contribution in [2.45, 2.75) is 30.8 Å². The summed E-state index contributed by atoms with van der Waals surface area (Å²) in [5.74, 6) is 0. The van der Waals surface area contributed by atoms with Crippen LogP contribution < -0.4 is 4.90 Å². The molecule has 0 radical (unpaired) electrons. The summed E-state index contributed by atoms with van der Waals surface area (Å²) in [7, 11) is -3.21. The predicted octanol–water partition coefficient (Wildman–Crippen LogP) is 2.10. The zero-order valence-corrected chi connectivity index (χ0v) is 12.5. The summed E-state index contributed by atoms with van der Waals surface area (Å²) >= 11 is 0. The average Bonchev–Trinajstić information content (AvgIpc) is 2.38. The fourth-order valence-corrected chi connectivity index (χ4v) is 3.28. The van der Waals surface area contributed by atoms with Crippen LogP contribution in [0, 0.1) is 0 Å². The molecule has 1 saturated heterocycles. The van der Waals surface area contributed by atoms with Gasteiger partial charge in [0, 0.05) is 19.3 Å². The number of nitrogens with zero attached hydrogens (tertiary/aromatic N) is 1. The second kappa shape index (κ2) is 5.13. The van der Waals surface area contributed by atoms with E-state index in [1.807, 2.05) is 12.1 Å². The standard InChI is InChI=1S/C14H21NO3S/c1-4-14(2)11-15(9-10-18-14)12-7-5-6-8-13(12)19(3,16)17/h5-8H,4,9-11H2,1-3H3. The summed E-state index contributed by atoms with van der Waals surface area (Å²) in [4.78, 5) is 2.51. The molecule has 1 aliphatic heterocycles. The maximum absolute atomic E-state index is 11.9. The highest BCUT2D eigenvalue weighted by Gasteiger charge is 2.32. The molecule has 0 saturated carbocycles. The molecule has 1 aromatic rings. The van der Waals surface area contributed by atoms with Crippen molar-refractivity contribution < 1.29 is 13.2 Å². The van der Waals surface area contributed by atoms with E-state index in [0.717, 1.165) is 25.2 Å². The number of para-hydroxylation sites is 1. The zero-order chi connectivity index (χ0) is 14.1. The van der Waals surface area contributed by atoms with Crippen LogP contribution in [0.15, 0.2) is 29.2 Å².